The highest BCUT2D eigenvalue weighted by Crippen LogP contribution is 2.32. The standard InChI is InChI=1S/C24H23NO4S2/c1-15-13-19-9-5-7-11-21(19)17(3)23(15)30(26,27)25-31(28,29)24-16(2)14-20-10-6-8-12-22(20)18(24)4/h5-14,25H,1-4H3. The van der Waals surface area contributed by atoms with Crippen LogP contribution in [0, 0.1) is 27.7 Å². The molecule has 7 heteroatoms. The van der Waals surface area contributed by atoms with E-state index in [1.165, 1.54) is 0 Å². The summed E-state index contributed by atoms with van der Waals surface area (Å²) in [5.74, 6) is 0. The Balaban J connectivity index is 1.88. The zero-order valence-corrected chi connectivity index (χ0v) is 19.4. The highest BCUT2D eigenvalue weighted by Gasteiger charge is 2.30. The van der Waals surface area contributed by atoms with Gasteiger partial charge in [0.2, 0.25) is 0 Å². The Morgan fingerprint density at radius 1 is 0.581 bits per heavy atom. The second-order valence-corrected chi connectivity index (χ2v) is 11.3. The molecule has 0 heterocycles. The number of aryl methyl sites for hydroxylation is 4. The van der Waals surface area contributed by atoms with Crippen LogP contribution in [-0.4, -0.2) is 16.8 Å². The Morgan fingerprint density at radius 3 is 1.32 bits per heavy atom. The molecular formula is C24H23NO4S2. The molecule has 0 amide bonds. The van der Waals surface area contributed by atoms with Crippen LogP contribution in [0.15, 0.2) is 70.5 Å². The number of benzene rings is 4. The maximum atomic E-state index is 13.3. The third-order valence-electron chi connectivity index (χ3n) is 5.63. The van der Waals surface area contributed by atoms with Crippen LogP contribution in [0.25, 0.3) is 21.5 Å². The van der Waals surface area contributed by atoms with Crippen molar-refractivity contribution in [1.82, 2.24) is 4.13 Å². The van der Waals surface area contributed by atoms with Gasteiger partial charge in [-0.15, -0.1) is 4.13 Å². The second kappa shape index (κ2) is 7.44. The highest BCUT2D eigenvalue weighted by atomic mass is 32.3. The summed E-state index contributed by atoms with van der Waals surface area (Å²) in [6.07, 6.45) is 0. The Kier molecular flexibility index (Phi) is 5.16. The van der Waals surface area contributed by atoms with Crippen LogP contribution in [0.4, 0.5) is 0 Å². The minimum absolute atomic E-state index is 0.00845. The third-order valence-corrected chi connectivity index (χ3v) is 9.71. The number of sulfonamides is 2. The number of hydrogen-bond acceptors (Lipinski definition) is 4. The van der Waals surface area contributed by atoms with Crippen molar-refractivity contribution in [2.24, 2.45) is 0 Å². The average Bonchev–Trinajstić information content (AvgIpc) is 2.66. The van der Waals surface area contributed by atoms with E-state index in [-0.39, 0.29) is 9.79 Å². The second-order valence-electron chi connectivity index (χ2n) is 7.83. The van der Waals surface area contributed by atoms with Crippen LogP contribution in [0.5, 0.6) is 0 Å². The van der Waals surface area contributed by atoms with Crippen molar-refractivity contribution in [1.29, 1.82) is 0 Å². The topological polar surface area (TPSA) is 80.3 Å². The summed E-state index contributed by atoms with van der Waals surface area (Å²) < 4.78 is 55.2. The lowest BCUT2D eigenvalue weighted by Crippen LogP contribution is -2.32. The normalized spacial score (nSPS) is 12.5. The first kappa shape index (κ1) is 21.5. The predicted octanol–water partition coefficient (Wildman–Crippen LogP) is 4.89. The summed E-state index contributed by atoms with van der Waals surface area (Å²) in [6.45, 7) is 6.74. The first-order valence-corrected chi connectivity index (χ1v) is 12.8. The summed E-state index contributed by atoms with van der Waals surface area (Å²) in [5.41, 5.74) is 2.02. The van der Waals surface area contributed by atoms with Gasteiger partial charge in [-0.25, -0.2) is 16.8 Å². The van der Waals surface area contributed by atoms with Crippen LogP contribution in [0.1, 0.15) is 22.3 Å². The fourth-order valence-electron chi connectivity index (χ4n) is 4.42. The maximum absolute atomic E-state index is 13.3. The first-order valence-electron chi connectivity index (χ1n) is 9.79. The van der Waals surface area contributed by atoms with Crippen LogP contribution in [0.2, 0.25) is 0 Å². The van der Waals surface area contributed by atoms with Crippen LogP contribution in [0.3, 0.4) is 0 Å². The molecule has 1 N–H and O–H groups in total. The van der Waals surface area contributed by atoms with Crippen molar-refractivity contribution in [3.63, 3.8) is 0 Å². The Morgan fingerprint density at radius 2 is 0.935 bits per heavy atom. The lowest BCUT2D eigenvalue weighted by molar-refractivity contribution is 0.576. The van der Waals surface area contributed by atoms with Crippen LogP contribution >= 0.6 is 0 Å². The summed E-state index contributed by atoms with van der Waals surface area (Å²) in [5, 5.41) is 3.34. The Hall–Kier alpha value is -2.74. The zero-order valence-electron chi connectivity index (χ0n) is 17.7. The van der Waals surface area contributed by atoms with E-state index in [1.54, 1.807) is 39.8 Å². The zero-order chi connectivity index (χ0) is 22.6. The van der Waals surface area contributed by atoms with E-state index >= 15 is 0 Å². The first-order chi connectivity index (χ1) is 14.5. The Labute approximate surface area is 182 Å². The molecule has 0 radical (unpaired) electrons. The van der Waals surface area contributed by atoms with Gasteiger partial charge in [-0.05, 0) is 71.5 Å². The molecule has 0 saturated carbocycles. The highest BCUT2D eigenvalue weighted by molar-refractivity contribution is 8.04. The quantitative estimate of drug-likeness (QED) is 0.477. The molecule has 0 aromatic heterocycles. The fraction of sp³-hybridized carbons (Fsp3) is 0.167. The number of fused-ring (bicyclic) bond motifs is 2. The van der Waals surface area contributed by atoms with E-state index < -0.39 is 20.0 Å². The molecule has 0 aliphatic heterocycles. The van der Waals surface area contributed by atoms with Gasteiger partial charge in [-0.2, -0.15) is 0 Å². The minimum atomic E-state index is -4.34. The molecular weight excluding hydrogens is 430 g/mol. The van der Waals surface area contributed by atoms with Gasteiger partial charge >= 0.3 is 0 Å². The number of hydrogen-bond donors (Lipinski definition) is 1. The number of nitrogens with one attached hydrogen (secondary N) is 1. The van der Waals surface area contributed by atoms with Gasteiger partial charge in [-0.1, -0.05) is 60.7 Å². The summed E-state index contributed by atoms with van der Waals surface area (Å²) in [4.78, 5) is -0.0169. The van der Waals surface area contributed by atoms with Gasteiger partial charge in [-0.3, -0.25) is 0 Å². The average molecular weight is 454 g/mol. The van der Waals surface area contributed by atoms with E-state index in [0.29, 0.717) is 22.3 Å². The molecule has 0 saturated heterocycles. The molecule has 0 aliphatic rings. The van der Waals surface area contributed by atoms with Crippen LogP contribution in [-0.2, 0) is 20.0 Å². The van der Waals surface area contributed by atoms with E-state index in [4.69, 9.17) is 0 Å². The minimum Gasteiger partial charge on any atom is -0.206 e. The van der Waals surface area contributed by atoms with Gasteiger partial charge in [0.15, 0.2) is 0 Å². The van der Waals surface area contributed by atoms with Crippen molar-refractivity contribution in [3.8, 4) is 0 Å². The molecule has 0 unspecified atom stereocenters. The van der Waals surface area contributed by atoms with Crippen molar-refractivity contribution in [3.05, 3.63) is 82.9 Å². The lowest BCUT2D eigenvalue weighted by atomic mass is 10.0. The van der Waals surface area contributed by atoms with Gasteiger partial charge in [0.05, 0.1) is 9.79 Å². The van der Waals surface area contributed by atoms with E-state index in [0.717, 1.165) is 21.5 Å². The van der Waals surface area contributed by atoms with Crippen LogP contribution < -0.4 is 4.13 Å². The molecule has 4 aromatic rings. The van der Waals surface area contributed by atoms with Gasteiger partial charge in [0.25, 0.3) is 20.0 Å². The molecule has 0 spiro atoms. The van der Waals surface area contributed by atoms with E-state index in [1.807, 2.05) is 52.7 Å². The Bertz CT molecular complexity index is 1450. The molecule has 4 aromatic carbocycles. The summed E-state index contributed by atoms with van der Waals surface area (Å²) in [7, 11) is -8.69. The van der Waals surface area contributed by atoms with Crippen molar-refractivity contribution in [2.75, 3.05) is 0 Å². The van der Waals surface area contributed by atoms with Gasteiger partial charge < -0.3 is 0 Å². The largest absolute Gasteiger partial charge is 0.254 e. The van der Waals surface area contributed by atoms with Gasteiger partial charge in [0.1, 0.15) is 0 Å². The molecule has 0 bridgehead atoms. The lowest BCUT2D eigenvalue weighted by Gasteiger charge is -2.17. The molecule has 4 rings (SSSR count). The molecule has 160 valence electrons. The molecule has 31 heavy (non-hydrogen) atoms. The molecule has 0 fully saturated rings. The van der Waals surface area contributed by atoms with Crippen molar-refractivity contribution < 1.29 is 16.8 Å². The summed E-state index contributed by atoms with van der Waals surface area (Å²) in [6, 6.07) is 18.4. The maximum Gasteiger partial charge on any atom is 0.254 e. The fourth-order valence-corrected chi connectivity index (χ4v) is 8.23. The van der Waals surface area contributed by atoms with E-state index in [9.17, 15) is 16.8 Å². The van der Waals surface area contributed by atoms with Crippen molar-refractivity contribution >= 4 is 41.6 Å². The van der Waals surface area contributed by atoms with E-state index in [2.05, 4.69) is 0 Å². The number of rotatable bonds is 4. The smallest absolute Gasteiger partial charge is 0.206 e. The summed E-state index contributed by atoms with van der Waals surface area (Å²) >= 11 is 0. The van der Waals surface area contributed by atoms with Crippen molar-refractivity contribution in [2.45, 2.75) is 37.5 Å². The molecule has 5 nitrogen and oxygen atoms in total. The monoisotopic (exact) mass is 453 g/mol. The molecule has 0 aliphatic carbocycles. The van der Waals surface area contributed by atoms with Gasteiger partial charge in [0, 0.05) is 0 Å². The predicted molar refractivity (Wildman–Crippen MR) is 124 cm³/mol. The SMILES string of the molecule is Cc1cc2ccccc2c(C)c1S(=O)(=O)NS(=O)(=O)c1c(C)cc2ccccc2c1C. The molecule has 0 atom stereocenters. The third kappa shape index (κ3) is 3.63.